The lowest BCUT2D eigenvalue weighted by Gasteiger charge is -2.18. The first-order valence-electron chi connectivity index (χ1n) is 5.60. The quantitative estimate of drug-likeness (QED) is 0.677. The number of hydrogen-bond donors (Lipinski definition) is 1. The van der Waals surface area contributed by atoms with Crippen LogP contribution in [0.5, 0.6) is 0 Å². The van der Waals surface area contributed by atoms with E-state index in [2.05, 4.69) is 9.18 Å². The summed E-state index contributed by atoms with van der Waals surface area (Å²) in [6.45, 7) is 1.40. The zero-order valence-corrected chi connectivity index (χ0v) is 11.1. The van der Waals surface area contributed by atoms with Crippen LogP contribution in [0.1, 0.15) is 12.0 Å². The Morgan fingerprint density at radius 3 is 2.58 bits per heavy atom. The normalized spacial score (nSPS) is 23.2. The van der Waals surface area contributed by atoms with Gasteiger partial charge in [0.15, 0.2) is 0 Å². The number of benzene rings is 1. The van der Waals surface area contributed by atoms with Gasteiger partial charge in [-0.25, -0.2) is 8.57 Å². The number of nitrogens with one attached hydrogen (secondary N) is 1. The molecular weight excluding hydrogens is 271 g/mol. The van der Waals surface area contributed by atoms with Crippen molar-refractivity contribution in [1.29, 1.82) is 5.41 Å². The standard InChI is InChI=1S/C12H13FN2O3S/c1-9-2-4-11(5-3-9)19(16,17)18-12(13)6-10(7-14)15-8-12/h2-5,7,14H,6,8H2,1H3. The molecule has 1 heterocycles. The number of halogens is 1. The summed E-state index contributed by atoms with van der Waals surface area (Å²) in [4.78, 5) is 3.61. The predicted octanol–water partition coefficient (Wildman–Crippen LogP) is 1.86. The number of rotatable bonds is 4. The third-order valence-electron chi connectivity index (χ3n) is 2.70. The fraction of sp³-hybridized carbons (Fsp3) is 0.333. The summed E-state index contributed by atoms with van der Waals surface area (Å²) in [5.74, 6) is -2.39. The molecule has 0 spiro atoms. The van der Waals surface area contributed by atoms with Gasteiger partial charge in [-0.3, -0.25) is 4.99 Å². The van der Waals surface area contributed by atoms with E-state index in [9.17, 15) is 12.8 Å². The van der Waals surface area contributed by atoms with Crippen LogP contribution in [0.4, 0.5) is 4.39 Å². The van der Waals surface area contributed by atoms with Gasteiger partial charge >= 0.3 is 0 Å². The number of aryl methyl sites for hydroxylation is 1. The zero-order chi connectivity index (χ0) is 14.1. The maximum Gasteiger partial charge on any atom is 0.299 e. The van der Waals surface area contributed by atoms with Crippen molar-refractivity contribution in [3.05, 3.63) is 29.8 Å². The van der Waals surface area contributed by atoms with Crippen LogP contribution in [0.15, 0.2) is 34.2 Å². The molecule has 19 heavy (non-hydrogen) atoms. The smallest absolute Gasteiger partial charge is 0.299 e. The zero-order valence-electron chi connectivity index (χ0n) is 10.3. The van der Waals surface area contributed by atoms with Crippen LogP contribution in [0.2, 0.25) is 0 Å². The van der Waals surface area contributed by atoms with E-state index in [1.165, 1.54) is 12.1 Å². The molecule has 1 atom stereocenters. The lowest BCUT2D eigenvalue weighted by atomic mass is 10.2. The highest BCUT2D eigenvalue weighted by atomic mass is 32.2. The average molecular weight is 284 g/mol. The summed E-state index contributed by atoms with van der Waals surface area (Å²) in [6, 6.07) is 5.94. The molecule has 7 heteroatoms. The Bertz CT molecular complexity index is 625. The number of aliphatic imine (C=N–C) groups is 1. The van der Waals surface area contributed by atoms with Crippen molar-refractivity contribution in [2.24, 2.45) is 4.99 Å². The molecule has 5 nitrogen and oxygen atoms in total. The molecule has 0 radical (unpaired) electrons. The summed E-state index contributed by atoms with van der Waals surface area (Å²) in [7, 11) is -4.17. The third-order valence-corrected chi connectivity index (χ3v) is 4.07. The third kappa shape index (κ3) is 3.05. The minimum atomic E-state index is -4.17. The van der Waals surface area contributed by atoms with Crippen molar-refractivity contribution >= 4 is 22.0 Å². The Morgan fingerprint density at radius 1 is 1.42 bits per heavy atom. The second-order valence-electron chi connectivity index (χ2n) is 4.36. The largest absolute Gasteiger partial charge is 0.307 e. The van der Waals surface area contributed by atoms with Crippen LogP contribution in [0.25, 0.3) is 0 Å². The molecule has 1 aromatic rings. The molecule has 0 fully saturated rings. The fourth-order valence-corrected chi connectivity index (χ4v) is 2.77. The Labute approximate surface area is 110 Å². The molecule has 1 N–H and O–H groups in total. The van der Waals surface area contributed by atoms with Crippen molar-refractivity contribution in [2.75, 3.05) is 6.54 Å². The molecule has 0 amide bonds. The number of alkyl halides is 1. The first kappa shape index (κ1) is 13.8. The van der Waals surface area contributed by atoms with E-state index in [1.54, 1.807) is 12.1 Å². The van der Waals surface area contributed by atoms with Crippen molar-refractivity contribution in [2.45, 2.75) is 24.1 Å². The molecule has 1 aliphatic rings. The minimum absolute atomic E-state index is 0.0987. The highest BCUT2D eigenvalue weighted by Gasteiger charge is 2.41. The average Bonchev–Trinajstić information content (AvgIpc) is 2.70. The molecule has 0 bridgehead atoms. The first-order valence-corrected chi connectivity index (χ1v) is 7.00. The van der Waals surface area contributed by atoms with E-state index in [0.717, 1.165) is 11.8 Å². The summed E-state index contributed by atoms with van der Waals surface area (Å²) >= 11 is 0. The molecule has 1 aliphatic heterocycles. The summed E-state index contributed by atoms with van der Waals surface area (Å²) in [5.41, 5.74) is 1.07. The highest BCUT2D eigenvalue weighted by Crippen LogP contribution is 2.29. The van der Waals surface area contributed by atoms with Gasteiger partial charge in [-0.05, 0) is 19.1 Å². The van der Waals surface area contributed by atoms with Gasteiger partial charge in [0.2, 0.25) is 0 Å². The van der Waals surface area contributed by atoms with Gasteiger partial charge in [0, 0.05) is 6.21 Å². The SMILES string of the molecule is Cc1ccc(S(=O)(=O)OC2(F)CN=C(C=N)C2)cc1. The summed E-state index contributed by atoms with van der Waals surface area (Å²) in [6.07, 6.45) is 0.560. The van der Waals surface area contributed by atoms with Crippen molar-refractivity contribution < 1.29 is 17.0 Å². The molecule has 1 unspecified atom stereocenters. The molecule has 0 saturated heterocycles. The van der Waals surface area contributed by atoms with E-state index in [1.807, 2.05) is 6.92 Å². The first-order chi connectivity index (χ1) is 8.85. The maximum atomic E-state index is 14.2. The second-order valence-corrected chi connectivity index (χ2v) is 5.91. The Morgan fingerprint density at radius 2 is 2.05 bits per heavy atom. The molecule has 102 valence electrons. The van der Waals surface area contributed by atoms with Crippen LogP contribution in [-0.2, 0) is 14.3 Å². The van der Waals surface area contributed by atoms with Gasteiger partial charge in [0.05, 0.1) is 23.6 Å². The van der Waals surface area contributed by atoms with Gasteiger partial charge in [-0.2, -0.15) is 8.42 Å². The Balaban J connectivity index is 2.19. The van der Waals surface area contributed by atoms with Gasteiger partial charge < -0.3 is 5.41 Å². The van der Waals surface area contributed by atoms with Gasteiger partial charge in [-0.15, -0.1) is 0 Å². The van der Waals surface area contributed by atoms with Crippen LogP contribution < -0.4 is 0 Å². The number of nitrogens with zero attached hydrogens (tertiary/aromatic N) is 1. The Kier molecular flexibility index (Phi) is 3.51. The molecule has 0 aromatic heterocycles. The van der Waals surface area contributed by atoms with Crippen LogP contribution >= 0.6 is 0 Å². The molecular formula is C12H13FN2O3S. The van der Waals surface area contributed by atoms with Crippen LogP contribution in [0.3, 0.4) is 0 Å². The van der Waals surface area contributed by atoms with Gasteiger partial charge in [0.1, 0.15) is 0 Å². The second kappa shape index (κ2) is 4.82. The van der Waals surface area contributed by atoms with E-state index < -0.39 is 22.5 Å². The fourth-order valence-electron chi connectivity index (χ4n) is 1.70. The summed E-state index contributed by atoms with van der Waals surface area (Å²) in [5, 5.41) is 6.97. The van der Waals surface area contributed by atoms with Crippen molar-refractivity contribution in [3.8, 4) is 0 Å². The molecule has 0 aliphatic carbocycles. The van der Waals surface area contributed by atoms with Gasteiger partial charge in [-0.1, -0.05) is 17.7 Å². The maximum absolute atomic E-state index is 14.2. The van der Waals surface area contributed by atoms with Crippen molar-refractivity contribution in [3.63, 3.8) is 0 Å². The lowest BCUT2D eigenvalue weighted by Crippen LogP contribution is -2.31. The van der Waals surface area contributed by atoms with E-state index in [0.29, 0.717) is 0 Å². The van der Waals surface area contributed by atoms with Gasteiger partial charge in [0.25, 0.3) is 16.0 Å². The molecule has 1 aromatic carbocycles. The lowest BCUT2D eigenvalue weighted by molar-refractivity contribution is -0.0327. The monoisotopic (exact) mass is 284 g/mol. The van der Waals surface area contributed by atoms with Crippen LogP contribution in [0, 0.1) is 12.3 Å². The van der Waals surface area contributed by atoms with E-state index in [-0.39, 0.29) is 17.0 Å². The highest BCUT2D eigenvalue weighted by molar-refractivity contribution is 7.86. The van der Waals surface area contributed by atoms with Crippen molar-refractivity contribution in [1.82, 2.24) is 0 Å². The van der Waals surface area contributed by atoms with E-state index in [4.69, 9.17) is 5.41 Å². The van der Waals surface area contributed by atoms with Crippen LogP contribution in [-0.4, -0.2) is 32.7 Å². The molecule has 2 rings (SSSR count). The number of hydrogen-bond acceptors (Lipinski definition) is 5. The minimum Gasteiger partial charge on any atom is -0.307 e. The van der Waals surface area contributed by atoms with E-state index >= 15 is 0 Å². The summed E-state index contributed by atoms with van der Waals surface area (Å²) < 4.78 is 42.7. The molecule has 0 saturated carbocycles. The topological polar surface area (TPSA) is 79.6 Å². The Hall–Kier alpha value is -1.60. The predicted molar refractivity (Wildman–Crippen MR) is 69.0 cm³/mol.